The highest BCUT2D eigenvalue weighted by Gasteiger charge is 1.92. The fourth-order valence-corrected chi connectivity index (χ4v) is 0.689. The molecule has 0 spiro atoms. The van der Waals surface area contributed by atoms with E-state index >= 15 is 0 Å². The molecular formula is C7H6N2O4. The first kappa shape index (κ1) is 8.98. The van der Waals surface area contributed by atoms with E-state index in [1.807, 2.05) is 4.98 Å². The van der Waals surface area contributed by atoms with Gasteiger partial charge in [0.15, 0.2) is 0 Å². The molecule has 0 fully saturated rings. The number of nitrogens with one attached hydrogen (secondary N) is 1. The van der Waals surface area contributed by atoms with Crippen LogP contribution >= 0.6 is 0 Å². The second-order valence-corrected chi connectivity index (χ2v) is 2.17. The van der Waals surface area contributed by atoms with Crippen molar-refractivity contribution in [3.05, 3.63) is 39.2 Å². The highest BCUT2D eigenvalue weighted by molar-refractivity contribution is 5.82. The molecule has 0 aromatic carbocycles. The summed E-state index contributed by atoms with van der Waals surface area (Å²) in [5.41, 5.74) is -1.20. The first-order chi connectivity index (χ1) is 6.09. The van der Waals surface area contributed by atoms with Crippen molar-refractivity contribution in [2.24, 2.45) is 0 Å². The quantitative estimate of drug-likeness (QED) is 0.579. The molecule has 0 atom stereocenters. The third kappa shape index (κ3) is 2.44. The van der Waals surface area contributed by atoms with E-state index < -0.39 is 17.2 Å². The Morgan fingerprint density at radius 2 is 2.23 bits per heavy atom. The number of hydrogen-bond donors (Lipinski definition) is 2. The average molecular weight is 182 g/mol. The molecule has 0 amide bonds. The Hall–Kier alpha value is -2.11. The van der Waals surface area contributed by atoms with E-state index in [9.17, 15) is 14.4 Å². The molecule has 68 valence electrons. The molecule has 0 bridgehead atoms. The minimum Gasteiger partial charge on any atom is -0.478 e. The molecule has 0 unspecified atom stereocenters. The normalized spacial score (nSPS) is 10.5. The Balaban J connectivity index is 3.11. The highest BCUT2D eigenvalue weighted by Crippen LogP contribution is 1.78. The third-order valence-corrected chi connectivity index (χ3v) is 1.23. The number of carbonyl (C=O) groups is 1. The molecule has 6 nitrogen and oxygen atoms in total. The van der Waals surface area contributed by atoms with Gasteiger partial charge >= 0.3 is 11.7 Å². The third-order valence-electron chi connectivity index (χ3n) is 1.23. The van der Waals surface area contributed by atoms with Crippen LogP contribution in [0.3, 0.4) is 0 Å². The molecule has 0 aliphatic rings. The van der Waals surface area contributed by atoms with Gasteiger partial charge in [-0.05, 0) is 0 Å². The van der Waals surface area contributed by atoms with E-state index in [0.29, 0.717) is 0 Å². The summed E-state index contributed by atoms with van der Waals surface area (Å²) in [5.74, 6) is -1.17. The van der Waals surface area contributed by atoms with Gasteiger partial charge in [-0.15, -0.1) is 0 Å². The van der Waals surface area contributed by atoms with Crippen molar-refractivity contribution in [2.45, 2.75) is 0 Å². The van der Waals surface area contributed by atoms with Gasteiger partial charge in [-0.1, -0.05) is 0 Å². The monoisotopic (exact) mass is 182 g/mol. The van der Waals surface area contributed by atoms with Crippen molar-refractivity contribution in [2.75, 3.05) is 0 Å². The van der Waals surface area contributed by atoms with Crippen LogP contribution in [-0.4, -0.2) is 20.6 Å². The van der Waals surface area contributed by atoms with Gasteiger partial charge in [0.25, 0.3) is 5.56 Å². The van der Waals surface area contributed by atoms with E-state index in [1.165, 1.54) is 6.20 Å². The maximum atomic E-state index is 10.9. The van der Waals surface area contributed by atoms with Crippen molar-refractivity contribution in [3.63, 3.8) is 0 Å². The summed E-state index contributed by atoms with van der Waals surface area (Å²) in [6, 6.07) is 1.12. The number of aromatic amines is 1. The lowest BCUT2D eigenvalue weighted by atomic mass is 10.6. The average Bonchev–Trinajstić information content (AvgIpc) is 2.02. The summed E-state index contributed by atoms with van der Waals surface area (Å²) in [6.07, 6.45) is 3.01. The van der Waals surface area contributed by atoms with E-state index in [0.717, 1.165) is 22.9 Å². The number of H-pyrrole nitrogens is 1. The Bertz CT molecular complexity index is 454. The molecule has 0 aliphatic heterocycles. The maximum Gasteiger partial charge on any atom is 0.332 e. The zero-order chi connectivity index (χ0) is 9.84. The second-order valence-electron chi connectivity index (χ2n) is 2.17. The summed E-state index contributed by atoms with van der Waals surface area (Å²) in [7, 11) is 0. The van der Waals surface area contributed by atoms with Gasteiger partial charge < -0.3 is 5.11 Å². The largest absolute Gasteiger partial charge is 0.478 e. The molecule has 1 aromatic heterocycles. The summed E-state index contributed by atoms with van der Waals surface area (Å²) >= 11 is 0. The Kier molecular flexibility index (Phi) is 2.44. The Labute approximate surface area is 71.8 Å². The molecule has 0 radical (unpaired) electrons. The molecule has 0 saturated carbocycles. The maximum absolute atomic E-state index is 10.9. The molecule has 6 heteroatoms. The summed E-state index contributed by atoms with van der Waals surface area (Å²) in [6.45, 7) is 0. The van der Waals surface area contributed by atoms with Crippen molar-refractivity contribution in [3.8, 4) is 0 Å². The number of aliphatic carboxylic acids is 1. The molecule has 1 heterocycles. The smallest absolute Gasteiger partial charge is 0.332 e. The van der Waals surface area contributed by atoms with Crippen molar-refractivity contribution < 1.29 is 9.90 Å². The molecule has 13 heavy (non-hydrogen) atoms. The number of aromatic nitrogens is 2. The predicted octanol–water partition coefficient (Wildman–Crippen LogP) is -0.908. The Morgan fingerprint density at radius 3 is 2.77 bits per heavy atom. The first-order valence-corrected chi connectivity index (χ1v) is 3.32. The molecule has 1 rings (SSSR count). The number of rotatable bonds is 2. The fourth-order valence-electron chi connectivity index (χ4n) is 0.689. The van der Waals surface area contributed by atoms with Crippen LogP contribution in [0.2, 0.25) is 0 Å². The highest BCUT2D eigenvalue weighted by atomic mass is 16.4. The van der Waals surface area contributed by atoms with Crippen molar-refractivity contribution in [1.29, 1.82) is 0 Å². The van der Waals surface area contributed by atoms with Gasteiger partial charge in [-0.3, -0.25) is 14.3 Å². The summed E-state index contributed by atoms with van der Waals surface area (Å²) in [5, 5.41) is 8.25. The van der Waals surface area contributed by atoms with Crippen LogP contribution in [0, 0.1) is 0 Å². The number of carboxylic acid groups (broad SMARTS) is 1. The van der Waals surface area contributed by atoms with E-state index in [4.69, 9.17) is 5.11 Å². The zero-order valence-corrected chi connectivity index (χ0v) is 6.43. The van der Waals surface area contributed by atoms with E-state index in [2.05, 4.69) is 0 Å². The van der Waals surface area contributed by atoms with Gasteiger partial charge in [-0.25, -0.2) is 9.59 Å². The van der Waals surface area contributed by atoms with Crippen LogP contribution in [0.1, 0.15) is 0 Å². The predicted molar refractivity (Wildman–Crippen MR) is 44.3 cm³/mol. The van der Waals surface area contributed by atoms with Crippen molar-refractivity contribution in [1.82, 2.24) is 9.55 Å². The molecule has 2 N–H and O–H groups in total. The van der Waals surface area contributed by atoms with Gasteiger partial charge in [0.2, 0.25) is 0 Å². The van der Waals surface area contributed by atoms with Crippen LogP contribution in [-0.2, 0) is 4.79 Å². The van der Waals surface area contributed by atoms with Gasteiger partial charge in [0.05, 0.1) is 0 Å². The minimum absolute atomic E-state index is 0.523. The van der Waals surface area contributed by atoms with Crippen LogP contribution in [0.5, 0.6) is 0 Å². The molecule has 0 aliphatic carbocycles. The molecular weight excluding hydrogens is 176 g/mol. The minimum atomic E-state index is -1.17. The number of carboxylic acids is 1. The van der Waals surface area contributed by atoms with Gasteiger partial charge in [-0.2, -0.15) is 0 Å². The standard InChI is InChI=1S/C7H6N2O4/c10-5-1-3-9(7(13)8-5)4-2-6(11)12/h1-4H,(H,11,12)(H,8,10,13). The van der Waals surface area contributed by atoms with Crippen LogP contribution < -0.4 is 11.2 Å². The van der Waals surface area contributed by atoms with Gasteiger partial charge in [0, 0.05) is 24.5 Å². The molecule has 0 saturated heterocycles. The zero-order valence-electron chi connectivity index (χ0n) is 6.43. The van der Waals surface area contributed by atoms with Crippen LogP contribution in [0.15, 0.2) is 27.9 Å². The van der Waals surface area contributed by atoms with E-state index in [-0.39, 0.29) is 0 Å². The number of nitrogens with zero attached hydrogens (tertiary/aromatic N) is 1. The van der Waals surface area contributed by atoms with Crippen molar-refractivity contribution >= 4 is 12.2 Å². The van der Waals surface area contributed by atoms with Gasteiger partial charge in [0.1, 0.15) is 0 Å². The lowest BCUT2D eigenvalue weighted by molar-refractivity contribution is -0.131. The van der Waals surface area contributed by atoms with E-state index in [1.54, 1.807) is 0 Å². The summed E-state index contributed by atoms with van der Waals surface area (Å²) in [4.78, 5) is 33.5. The fraction of sp³-hybridized carbons (Fsp3) is 0. The first-order valence-electron chi connectivity index (χ1n) is 3.32. The second kappa shape index (κ2) is 3.53. The number of hydrogen-bond acceptors (Lipinski definition) is 3. The molecule has 1 aromatic rings. The Morgan fingerprint density at radius 1 is 1.54 bits per heavy atom. The SMILES string of the molecule is O=C(O)C=Cn1ccc(=O)[nH]c1=O. The lowest BCUT2D eigenvalue weighted by Gasteiger charge is -1.93. The summed E-state index contributed by atoms with van der Waals surface area (Å²) < 4.78 is 0.954. The lowest BCUT2D eigenvalue weighted by Crippen LogP contribution is -2.25. The van der Waals surface area contributed by atoms with Crippen LogP contribution in [0.25, 0.3) is 6.20 Å². The topological polar surface area (TPSA) is 92.2 Å². The van der Waals surface area contributed by atoms with Crippen LogP contribution in [0.4, 0.5) is 0 Å².